The quantitative estimate of drug-likeness (QED) is 0.880. The molecule has 2 aromatic carbocycles. The molecule has 0 spiro atoms. The van der Waals surface area contributed by atoms with E-state index in [2.05, 4.69) is 5.32 Å². The number of amides is 1. The summed E-state index contributed by atoms with van der Waals surface area (Å²) in [4.78, 5) is 10.8. The fourth-order valence-corrected chi connectivity index (χ4v) is 1.95. The molecule has 0 radical (unpaired) electrons. The zero-order chi connectivity index (χ0) is 13.7. The third-order valence-corrected chi connectivity index (χ3v) is 2.72. The third kappa shape index (κ3) is 3.33. The maximum absolute atomic E-state index is 10.8. The van der Waals surface area contributed by atoms with Crippen LogP contribution in [-0.4, -0.2) is 18.3 Å². The molecule has 0 unspecified atom stereocenters. The zero-order valence-corrected chi connectivity index (χ0v) is 10.6. The lowest BCUT2D eigenvalue weighted by atomic mass is 10.0. The highest BCUT2D eigenvalue weighted by atomic mass is 16.5. The first-order valence-corrected chi connectivity index (χ1v) is 5.88. The molecule has 4 heteroatoms. The van der Waals surface area contributed by atoms with Gasteiger partial charge < -0.3 is 9.84 Å². The molecule has 98 valence electrons. The summed E-state index contributed by atoms with van der Waals surface area (Å²) < 4.78 is 5.10. The van der Waals surface area contributed by atoms with Gasteiger partial charge in [0.2, 0.25) is 0 Å². The van der Waals surface area contributed by atoms with E-state index in [1.54, 1.807) is 19.2 Å². The first-order valence-electron chi connectivity index (χ1n) is 5.88. The second kappa shape index (κ2) is 6.02. The molecule has 0 atom stereocenters. The summed E-state index contributed by atoms with van der Waals surface area (Å²) in [5, 5.41) is 11.3. The Bertz CT molecular complexity index is 581. The van der Waals surface area contributed by atoms with E-state index in [9.17, 15) is 4.79 Å². The lowest BCUT2D eigenvalue weighted by Crippen LogP contribution is -2.08. The minimum absolute atomic E-state index is 0.530. The molecular formula is C15H15NO3. The van der Waals surface area contributed by atoms with Gasteiger partial charge in [0, 0.05) is 12.7 Å². The predicted octanol–water partition coefficient (Wildman–Crippen LogP) is 3.59. The average Bonchev–Trinajstić information content (AvgIpc) is 2.39. The van der Waals surface area contributed by atoms with Crippen molar-refractivity contribution in [2.45, 2.75) is 6.61 Å². The zero-order valence-electron chi connectivity index (χ0n) is 10.6. The molecule has 4 nitrogen and oxygen atoms in total. The highest BCUT2D eigenvalue weighted by molar-refractivity contribution is 5.90. The molecule has 0 saturated carbocycles. The monoisotopic (exact) mass is 257 g/mol. The van der Waals surface area contributed by atoms with Gasteiger partial charge in [-0.25, -0.2) is 4.79 Å². The second-order valence-corrected chi connectivity index (χ2v) is 4.11. The molecular weight excluding hydrogens is 242 g/mol. The topological polar surface area (TPSA) is 58.6 Å². The van der Waals surface area contributed by atoms with Crippen molar-refractivity contribution in [1.82, 2.24) is 0 Å². The van der Waals surface area contributed by atoms with Gasteiger partial charge in [-0.3, -0.25) is 5.32 Å². The molecule has 0 aliphatic heterocycles. The summed E-state index contributed by atoms with van der Waals surface area (Å²) in [5.41, 5.74) is 3.43. The molecule has 19 heavy (non-hydrogen) atoms. The van der Waals surface area contributed by atoms with E-state index in [1.165, 1.54) is 0 Å². The number of ether oxygens (including phenoxy) is 1. The van der Waals surface area contributed by atoms with Crippen molar-refractivity contribution in [2.24, 2.45) is 0 Å². The maximum atomic E-state index is 10.8. The molecule has 2 aromatic rings. The van der Waals surface area contributed by atoms with Crippen LogP contribution in [0.3, 0.4) is 0 Å². The van der Waals surface area contributed by atoms with Gasteiger partial charge in [-0.15, -0.1) is 0 Å². The van der Waals surface area contributed by atoms with Crippen LogP contribution in [0.15, 0.2) is 48.5 Å². The molecule has 0 saturated heterocycles. The highest BCUT2D eigenvalue weighted by Gasteiger charge is 2.07. The summed E-state index contributed by atoms with van der Waals surface area (Å²) >= 11 is 0. The summed E-state index contributed by atoms with van der Waals surface area (Å²) in [6, 6.07) is 15.2. The number of hydrogen-bond donors (Lipinski definition) is 2. The summed E-state index contributed by atoms with van der Waals surface area (Å²) in [7, 11) is 1.65. The number of anilines is 1. The van der Waals surface area contributed by atoms with Gasteiger partial charge in [-0.2, -0.15) is 0 Å². The van der Waals surface area contributed by atoms with Crippen molar-refractivity contribution in [2.75, 3.05) is 12.4 Å². The molecule has 0 aromatic heterocycles. The Hall–Kier alpha value is -2.33. The van der Waals surface area contributed by atoms with Crippen molar-refractivity contribution in [3.63, 3.8) is 0 Å². The minimum Gasteiger partial charge on any atom is -0.465 e. The van der Waals surface area contributed by atoms with Crippen LogP contribution in [0.2, 0.25) is 0 Å². The highest BCUT2D eigenvalue weighted by Crippen LogP contribution is 2.28. The molecule has 0 aliphatic rings. The second-order valence-electron chi connectivity index (χ2n) is 4.11. The summed E-state index contributed by atoms with van der Waals surface area (Å²) in [5.74, 6) is 0. The number of benzene rings is 2. The van der Waals surface area contributed by atoms with Crippen LogP contribution in [0.4, 0.5) is 10.5 Å². The van der Waals surface area contributed by atoms with Crippen LogP contribution >= 0.6 is 0 Å². The molecule has 0 aliphatic carbocycles. The van der Waals surface area contributed by atoms with E-state index in [-0.39, 0.29) is 0 Å². The summed E-state index contributed by atoms with van der Waals surface area (Å²) in [6.45, 7) is 0.530. The average molecular weight is 257 g/mol. The number of carboxylic acid groups (broad SMARTS) is 1. The van der Waals surface area contributed by atoms with E-state index in [0.29, 0.717) is 12.3 Å². The lowest BCUT2D eigenvalue weighted by molar-refractivity contribution is 0.185. The Balaban J connectivity index is 2.40. The van der Waals surface area contributed by atoms with Crippen LogP contribution in [0.25, 0.3) is 11.1 Å². The minimum atomic E-state index is -1.07. The molecule has 2 rings (SSSR count). The summed E-state index contributed by atoms with van der Waals surface area (Å²) in [6.07, 6.45) is -1.07. The van der Waals surface area contributed by atoms with Gasteiger partial charge >= 0.3 is 6.09 Å². The molecule has 0 fully saturated rings. The first kappa shape index (κ1) is 13.1. The van der Waals surface area contributed by atoms with Gasteiger partial charge in [-0.05, 0) is 23.3 Å². The Morgan fingerprint density at radius 1 is 1.21 bits per heavy atom. The number of hydrogen-bond acceptors (Lipinski definition) is 2. The van der Waals surface area contributed by atoms with Crippen molar-refractivity contribution in [3.05, 3.63) is 54.1 Å². The van der Waals surface area contributed by atoms with Crippen molar-refractivity contribution >= 4 is 11.8 Å². The predicted molar refractivity (Wildman–Crippen MR) is 74.2 cm³/mol. The van der Waals surface area contributed by atoms with Crippen LogP contribution in [0, 0.1) is 0 Å². The third-order valence-electron chi connectivity index (χ3n) is 2.72. The van der Waals surface area contributed by atoms with E-state index in [0.717, 1.165) is 16.7 Å². The number of para-hydroxylation sites is 1. The smallest absolute Gasteiger partial charge is 0.409 e. The number of methoxy groups -OCH3 is 1. The van der Waals surface area contributed by atoms with Crippen LogP contribution in [-0.2, 0) is 11.3 Å². The Morgan fingerprint density at radius 3 is 2.74 bits per heavy atom. The maximum Gasteiger partial charge on any atom is 0.409 e. The first-order chi connectivity index (χ1) is 9.20. The van der Waals surface area contributed by atoms with Crippen LogP contribution in [0.1, 0.15) is 5.56 Å². The van der Waals surface area contributed by atoms with E-state index in [1.807, 2.05) is 36.4 Å². The van der Waals surface area contributed by atoms with Crippen LogP contribution < -0.4 is 5.32 Å². The molecule has 2 N–H and O–H groups in total. The number of carbonyl (C=O) groups is 1. The van der Waals surface area contributed by atoms with Gasteiger partial charge in [-0.1, -0.05) is 36.4 Å². The lowest BCUT2D eigenvalue weighted by Gasteiger charge is -2.10. The Labute approximate surface area is 111 Å². The SMILES string of the molecule is COCc1cccc(-c2ccccc2NC(=O)O)c1. The molecule has 0 bridgehead atoms. The van der Waals surface area contributed by atoms with E-state index in [4.69, 9.17) is 9.84 Å². The van der Waals surface area contributed by atoms with Gasteiger partial charge in [0.1, 0.15) is 0 Å². The van der Waals surface area contributed by atoms with Gasteiger partial charge in [0.25, 0.3) is 0 Å². The number of nitrogens with one attached hydrogen (secondary N) is 1. The number of rotatable bonds is 4. The van der Waals surface area contributed by atoms with Gasteiger partial charge in [0.15, 0.2) is 0 Å². The van der Waals surface area contributed by atoms with E-state index >= 15 is 0 Å². The van der Waals surface area contributed by atoms with Crippen molar-refractivity contribution < 1.29 is 14.6 Å². The fraction of sp³-hybridized carbons (Fsp3) is 0.133. The molecule has 0 heterocycles. The Kier molecular flexibility index (Phi) is 4.15. The largest absolute Gasteiger partial charge is 0.465 e. The molecule has 1 amide bonds. The van der Waals surface area contributed by atoms with Crippen molar-refractivity contribution in [3.8, 4) is 11.1 Å². The fourth-order valence-electron chi connectivity index (χ4n) is 1.95. The van der Waals surface area contributed by atoms with Gasteiger partial charge in [0.05, 0.1) is 12.3 Å². The standard InChI is InChI=1S/C15H15NO3/c1-19-10-11-5-4-6-12(9-11)13-7-2-3-8-14(13)16-15(17)18/h2-9,16H,10H2,1H3,(H,17,18). The van der Waals surface area contributed by atoms with Crippen LogP contribution in [0.5, 0.6) is 0 Å². The normalized spacial score (nSPS) is 10.2. The van der Waals surface area contributed by atoms with Crippen molar-refractivity contribution in [1.29, 1.82) is 0 Å². The van der Waals surface area contributed by atoms with E-state index < -0.39 is 6.09 Å². The Morgan fingerprint density at radius 2 is 2.00 bits per heavy atom.